The lowest BCUT2D eigenvalue weighted by Gasteiger charge is -2.26. The second-order valence-corrected chi connectivity index (χ2v) is 5.50. The Bertz CT molecular complexity index is 394. The highest BCUT2D eigenvalue weighted by molar-refractivity contribution is 5.45. The number of benzene rings is 1. The van der Waals surface area contributed by atoms with Crippen molar-refractivity contribution in [1.29, 1.82) is 0 Å². The molecule has 17 heavy (non-hydrogen) atoms. The molecule has 2 aliphatic rings. The van der Waals surface area contributed by atoms with Gasteiger partial charge in [0.2, 0.25) is 0 Å². The zero-order valence-electron chi connectivity index (χ0n) is 10.5. The fourth-order valence-electron chi connectivity index (χ4n) is 3.40. The third-order valence-electron chi connectivity index (χ3n) is 4.41. The summed E-state index contributed by atoms with van der Waals surface area (Å²) in [6, 6.07) is 7.31. The predicted octanol–water partition coefficient (Wildman–Crippen LogP) is 2.61. The first-order valence-corrected chi connectivity index (χ1v) is 6.94. The molecule has 92 valence electrons. The van der Waals surface area contributed by atoms with Gasteiger partial charge in [-0.05, 0) is 48.9 Å². The zero-order chi connectivity index (χ0) is 11.7. The second kappa shape index (κ2) is 4.69. The van der Waals surface area contributed by atoms with Crippen LogP contribution < -0.4 is 5.73 Å². The van der Waals surface area contributed by atoms with E-state index >= 15 is 0 Å². The van der Waals surface area contributed by atoms with Crippen LogP contribution in [-0.4, -0.2) is 24.0 Å². The molecule has 1 fully saturated rings. The number of hydrogen-bond acceptors (Lipinski definition) is 2. The summed E-state index contributed by atoms with van der Waals surface area (Å²) in [6.07, 6.45) is 8.07. The molecule has 3 rings (SSSR count). The van der Waals surface area contributed by atoms with Gasteiger partial charge in [0.25, 0.3) is 0 Å². The van der Waals surface area contributed by atoms with Crippen molar-refractivity contribution < 1.29 is 0 Å². The fraction of sp³-hybridized carbons (Fsp3) is 0.600. The number of nitrogens with two attached hydrogens (primary N) is 1. The SMILES string of the molecule is Nc1ccc2c(c1)CCN(C1CCCC1)CC2. The maximum Gasteiger partial charge on any atom is 0.0316 e. The number of fused-ring (bicyclic) bond motifs is 1. The van der Waals surface area contributed by atoms with E-state index < -0.39 is 0 Å². The molecular formula is C15H22N2. The smallest absolute Gasteiger partial charge is 0.0316 e. The Morgan fingerprint density at radius 2 is 1.71 bits per heavy atom. The van der Waals surface area contributed by atoms with Crippen LogP contribution >= 0.6 is 0 Å². The van der Waals surface area contributed by atoms with Crippen molar-refractivity contribution >= 4 is 5.69 Å². The Balaban J connectivity index is 1.74. The summed E-state index contributed by atoms with van der Waals surface area (Å²) in [5, 5.41) is 0. The molecule has 0 radical (unpaired) electrons. The second-order valence-electron chi connectivity index (χ2n) is 5.50. The number of nitrogens with zero attached hydrogens (tertiary/aromatic N) is 1. The number of nitrogen functional groups attached to an aromatic ring is 1. The van der Waals surface area contributed by atoms with Gasteiger partial charge in [-0.2, -0.15) is 0 Å². The predicted molar refractivity (Wildman–Crippen MR) is 72.1 cm³/mol. The van der Waals surface area contributed by atoms with E-state index in [1.807, 2.05) is 6.07 Å². The van der Waals surface area contributed by atoms with Crippen molar-refractivity contribution in [1.82, 2.24) is 4.90 Å². The molecule has 1 aliphatic heterocycles. The highest BCUT2D eigenvalue weighted by atomic mass is 15.2. The van der Waals surface area contributed by atoms with Crippen molar-refractivity contribution in [3.05, 3.63) is 29.3 Å². The fourth-order valence-corrected chi connectivity index (χ4v) is 3.40. The van der Waals surface area contributed by atoms with Gasteiger partial charge < -0.3 is 5.73 Å². The molecule has 0 spiro atoms. The van der Waals surface area contributed by atoms with E-state index in [1.54, 1.807) is 0 Å². The third-order valence-corrected chi connectivity index (χ3v) is 4.41. The summed E-state index contributed by atoms with van der Waals surface area (Å²) in [7, 11) is 0. The van der Waals surface area contributed by atoms with Crippen LogP contribution in [0, 0.1) is 0 Å². The first kappa shape index (κ1) is 11.1. The summed E-state index contributed by atoms with van der Waals surface area (Å²) in [6.45, 7) is 2.46. The van der Waals surface area contributed by atoms with Gasteiger partial charge in [-0.25, -0.2) is 0 Å². The van der Waals surface area contributed by atoms with Gasteiger partial charge in [0.05, 0.1) is 0 Å². The van der Waals surface area contributed by atoms with E-state index in [1.165, 1.54) is 62.7 Å². The number of anilines is 1. The molecule has 1 aromatic carbocycles. The molecular weight excluding hydrogens is 208 g/mol. The normalized spacial score (nSPS) is 22.4. The Labute approximate surface area is 104 Å². The Kier molecular flexibility index (Phi) is 3.06. The molecule has 1 aliphatic carbocycles. The van der Waals surface area contributed by atoms with Gasteiger partial charge in [0.1, 0.15) is 0 Å². The van der Waals surface area contributed by atoms with Gasteiger partial charge >= 0.3 is 0 Å². The van der Waals surface area contributed by atoms with E-state index in [0.29, 0.717) is 0 Å². The van der Waals surface area contributed by atoms with E-state index in [4.69, 9.17) is 5.73 Å². The lowest BCUT2D eigenvalue weighted by atomic mass is 10.0. The quantitative estimate of drug-likeness (QED) is 0.751. The Hall–Kier alpha value is -1.02. The van der Waals surface area contributed by atoms with Crippen molar-refractivity contribution in [3.8, 4) is 0 Å². The number of rotatable bonds is 1. The van der Waals surface area contributed by atoms with E-state index in [2.05, 4.69) is 17.0 Å². The average Bonchev–Trinajstić information content (AvgIpc) is 2.77. The van der Waals surface area contributed by atoms with Crippen LogP contribution in [0.25, 0.3) is 0 Å². The first-order valence-electron chi connectivity index (χ1n) is 6.94. The van der Waals surface area contributed by atoms with Crippen molar-refractivity contribution in [3.63, 3.8) is 0 Å². The minimum atomic E-state index is 0.863. The maximum atomic E-state index is 5.88. The molecule has 0 saturated heterocycles. The Morgan fingerprint density at radius 3 is 2.47 bits per heavy atom. The monoisotopic (exact) mass is 230 g/mol. The molecule has 0 amide bonds. The minimum absolute atomic E-state index is 0.863. The van der Waals surface area contributed by atoms with E-state index in [0.717, 1.165) is 11.7 Å². The summed E-state index contributed by atoms with van der Waals surface area (Å²) in [4.78, 5) is 2.71. The van der Waals surface area contributed by atoms with Crippen LogP contribution in [-0.2, 0) is 12.8 Å². The van der Waals surface area contributed by atoms with Crippen LogP contribution in [0.3, 0.4) is 0 Å². The van der Waals surface area contributed by atoms with Gasteiger partial charge in [0, 0.05) is 24.8 Å². The lowest BCUT2D eigenvalue weighted by molar-refractivity contribution is 0.208. The average molecular weight is 230 g/mol. The standard InChI is InChI=1S/C15H22N2/c16-14-6-5-12-7-9-17(10-8-13(12)11-14)15-3-1-2-4-15/h5-6,11,15H,1-4,7-10,16H2. The Morgan fingerprint density at radius 1 is 1.00 bits per heavy atom. The van der Waals surface area contributed by atoms with Crippen molar-refractivity contribution in [2.45, 2.75) is 44.6 Å². The molecule has 2 nitrogen and oxygen atoms in total. The summed E-state index contributed by atoms with van der Waals surface area (Å²) >= 11 is 0. The molecule has 0 unspecified atom stereocenters. The molecule has 2 heteroatoms. The molecule has 1 aromatic rings. The molecule has 0 aromatic heterocycles. The number of hydrogen-bond donors (Lipinski definition) is 1. The zero-order valence-corrected chi connectivity index (χ0v) is 10.5. The first-order chi connectivity index (χ1) is 8.33. The third kappa shape index (κ3) is 2.32. The van der Waals surface area contributed by atoms with Crippen LogP contribution in [0.1, 0.15) is 36.8 Å². The van der Waals surface area contributed by atoms with Crippen LogP contribution in [0.15, 0.2) is 18.2 Å². The molecule has 0 atom stereocenters. The van der Waals surface area contributed by atoms with Crippen molar-refractivity contribution in [2.75, 3.05) is 18.8 Å². The molecule has 1 saturated carbocycles. The summed E-state index contributed by atoms with van der Waals surface area (Å²) in [5.41, 5.74) is 9.78. The summed E-state index contributed by atoms with van der Waals surface area (Å²) in [5.74, 6) is 0. The van der Waals surface area contributed by atoms with Gasteiger partial charge in [-0.15, -0.1) is 0 Å². The maximum absolute atomic E-state index is 5.88. The van der Waals surface area contributed by atoms with Crippen LogP contribution in [0.2, 0.25) is 0 Å². The molecule has 0 bridgehead atoms. The van der Waals surface area contributed by atoms with Crippen LogP contribution in [0.4, 0.5) is 5.69 Å². The van der Waals surface area contributed by atoms with Gasteiger partial charge in [-0.1, -0.05) is 18.9 Å². The lowest BCUT2D eigenvalue weighted by Crippen LogP contribution is -2.35. The van der Waals surface area contributed by atoms with Crippen LogP contribution in [0.5, 0.6) is 0 Å². The van der Waals surface area contributed by atoms with Gasteiger partial charge in [-0.3, -0.25) is 4.90 Å². The highest BCUT2D eigenvalue weighted by Gasteiger charge is 2.24. The van der Waals surface area contributed by atoms with Gasteiger partial charge in [0.15, 0.2) is 0 Å². The molecule has 1 heterocycles. The molecule has 2 N–H and O–H groups in total. The largest absolute Gasteiger partial charge is 0.399 e. The summed E-state index contributed by atoms with van der Waals surface area (Å²) < 4.78 is 0. The van der Waals surface area contributed by atoms with Crippen molar-refractivity contribution in [2.24, 2.45) is 0 Å². The highest BCUT2D eigenvalue weighted by Crippen LogP contribution is 2.26. The van der Waals surface area contributed by atoms with E-state index in [9.17, 15) is 0 Å². The topological polar surface area (TPSA) is 29.3 Å². The van der Waals surface area contributed by atoms with E-state index in [-0.39, 0.29) is 0 Å². The minimum Gasteiger partial charge on any atom is -0.399 e.